The van der Waals surface area contributed by atoms with E-state index in [9.17, 15) is 0 Å². The lowest BCUT2D eigenvalue weighted by Crippen LogP contribution is -2.26. The van der Waals surface area contributed by atoms with Crippen molar-refractivity contribution in [3.05, 3.63) is 5.28 Å². The van der Waals surface area contributed by atoms with Crippen molar-refractivity contribution in [3.63, 3.8) is 0 Å². The second-order valence-corrected chi connectivity index (χ2v) is 6.20. The van der Waals surface area contributed by atoms with Crippen LogP contribution in [-0.4, -0.2) is 77.1 Å². The molecular formula is C17H36Cl3N7. The van der Waals surface area contributed by atoms with Gasteiger partial charge in [0.1, 0.15) is 0 Å². The number of hydrogen-bond acceptors (Lipinski definition) is 7. The molecule has 0 spiro atoms. The summed E-state index contributed by atoms with van der Waals surface area (Å²) >= 11 is 6.01. The molecule has 160 valence electrons. The molecule has 0 amide bonds. The predicted octanol–water partition coefficient (Wildman–Crippen LogP) is 3.66. The number of aromatic nitrogens is 3. The number of rotatable bonds is 14. The molecule has 1 aromatic heterocycles. The van der Waals surface area contributed by atoms with Crippen molar-refractivity contribution in [2.75, 3.05) is 63.0 Å². The van der Waals surface area contributed by atoms with Crippen LogP contribution in [0, 0.1) is 0 Å². The summed E-state index contributed by atoms with van der Waals surface area (Å²) < 4.78 is 0. The average Bonchev–Trinajstić information content (AvgIpc) is 2.61. The van der Waals surface area contributed by atoms with Crippen molar-refractivity contribution >= 4 is 48.3 Å². The summed E-state index contributed by atoms with van der Waals surface area (Å²) in [5.74, 6) is 1.07. The van der Waals surface area contributed by atoms with Gasteiger partial charge in [0.15, 0.2) is 0 Å². The highest BCUT2D eigenvalue weighted by atomic mass is 35.5. The van der Waals surface area contributed by atoms with Crippen LogP contribution in [0.25, 0.3) is 0 Å². The molecule has 0 aliphatic rings. The first-order valence-electron chi connectivity index (χ1n) is 9.46. The van der Waals surface area contributed by atoms with E-state index in [4.69, 9.17) is 11.6 Å². The molecule has 0 aliphatic carbocycles. The molecule has 1 heterocycles. The van der Waals surface area contributed by atoms with Crippen molar-refractivity contribution in [1.82, 2.24) is 24.8 Å². The zero-order chi connectivity index (χ0) is 18.5. The highest BCUT2D eigenvalue weighted by Gasteiger charge is 2.05. The maximum absolute atomic E-state index is 6.01. The van der Waals surface area contributed by atoms with Crippen molar-refractivity contribution in [3.8, 4) is 0 Å². The summed E-state index contributed by atoms with van der Waals surface area (Å²) in [6, 6.07) is 0. The molecule has 1 aromatic rings. The van der Waals surface area contributed by atoms with Gasteiger partial charge in [-0.2, -0.15) is 15.0 Å². The van der Waals surface area contributed by atoms with Gasteiger partial charge in [0.05, 0.1) is 0 Å². The van der Waals surface area contributed by atoms with E-state index in [2.05, 4.69) is 63.1 Å². The van der Waals surface area contributed by atoms with Gasteiger partial charge in [0.25, 0.3) is 0 Å². The molecule has 0 radical (unpaired) electrons. The summed E-state index contributed by atoms with van der Waals surface area (Å²) in [5.41, 5.74) is 0. The van der Waals surface area contributed by atoms with Crippen LogP contribution in [0.3, 0.4) is 0 Å². The summed E-state index contributed by atoms with van der Waals surface area (Å²) in [6.07, 6.45) is 2.08. The van der Waals surface area contributed by atoms with Crippen molar-refractivity contribution in [1.29, 1.82) is 0 Å². The second-order valence-electron chi connectivity index (χ2n) is 5.87. The SMILES string of the molecule is CCN(CC)CCCNc1nc(Cl)nc(NCCCN(CC)CC)n1.Cl.Cl. The molecule has 27 heavy (non-hydrogen) atoms. The van der Waals surface area contributed by atoms with Crippen LogP contribution in [-0.2, 0) is 0 Å². The molecule has 0 saturated carbocycles. The molecule has 0 fully saturated rings. The quantitative estimate of drug-likeness (QED) is 0.424. The molecule has 0 atom stereocenters. The standard InChI is InChI=1S/C17H34ClN7.2ClH/c1-5-24(6-2)13-9-11-19-16-21-15(18)22-17(23-16)20-12-10-14-25(7-3)8-4;;/h5-14H2,1-4H3,(H2,19,20,21,22,23);2*1H. The average molecular weight is 445 g/mol. The number of nitrogens with zero attached hydrogens (tertiary/aromatic N) is 5. The van der Waals surface area contributed by atoms with Gasteiger partial charge in [-0.1, -0.05) is 27.7 Å². The van der Waals surface area contributed by atoms with Gasteiger partial charge in [-0.15, -0.1) is 24.8 Å². The minimum Gasteiger partial charge on any atom is -0.354 e. The number of anilines is 2. The topological polar surface area (TPSA) is 69.2 Å². The van der Waals surface area contributed by atoms with Crippen LogP contribution in [0.2, 0.25) is 5.28 Å². The van der Waals surface area contributed by atoms with Gasteiger partial charge in [-0.25, -0.2) is 0 Å². The van der Waals surface area contributed by atoms with E-state index in [1.54, 1.807) is 0 Å². The molecule has 0 saturated heterocycles. The van der Waals surface area contributed by atoms with Crippen LogP contribution >= 0.6 is 36.4 Å². The molecular weight excluding hydrogens is 409 g/mol. The Labute approximate surface area is 181 Å². The summed E-state index contributed by atoms with van der Waals surface area (Å²) in [7, 11) is 0. The van der Waals surface area contributed by atoms with E-state index in [-0.39, 0.29) is 30.1 Å². The van der Waals surface area contributed by atoms with E-state index < -0.39 is 0 Å². The molecule has 1 rings (SSSR count). The molecule has 10 heteroatoms. The van der Waals surface area contributed by atoms with E-state index in [1.807, 2.05) is 0 Å². The lowest BCUT2D eigenvalue weighted by Gasteiger charge is -2.18. The highest BCUT2D eigenvalue weighted by Crippen LogP contribution is 2.09. The maximum Gasteiger partial charge on any atom is 0.228 e. The van der Waals surface area contributed by atoms with E-state index in [0.717, 1.165) is 65.2 Å². The Morgan fingerprint density at radius 2 is 1.07 bits per heavy atom. The van der Waals surface area contributed by atoms with E-state index in [0.29, 0.717) is 11.9 Å². The Bertz CT molecular complexity index is 434. The van der Waals surface area contributed by atoms with E-state index >= 15 is 0 Å². The van der Waals surface area contributed by atoms with Gasteiger partial charge in [-0.05, 0) is 63.7 Å². The Morgan fingerprint density at radius 1 is 0.704 bits per heavy atom. The second kappa shape index (κ2) is 17.5. The molecule has 0 aliphatic heterocycles. The number of halogens is 3. The minimum absolute atomic E-state index is 0. The Morgan fingerprint density at radius 3 is 1.41 bits per heavy atom. The maximum atomic E-state index is 6.01. The Balaban J connectivity index is 0. The van der Waals surface area contributed by atoms with E-state index in [1.165, 1.54) is 0 Å². The van der Waals surface area contributed by atoms with Crippen molar-refractivity contribution < 1.29 is 0 Å². The molecule has 7 nitrogen and oxygen atoms in total. The lowest BCUT2D eigenvalue weighted by molar-refractivity contribution is 0.303. The largest absolute Gasteiger partial charge is 0.354 e. The highest BCUT2D eigenvalue weighted by molar-refractivity contribution is 6.28. The molecule has 0 unspecified atom stereocenters. The summed E-state index contributed by atoms with van der Waals surface area (Å²) in [6.45, 7) is 16.8. The predicted molar refractivity (Wildman–Crippen MR) is 121 cm³/mol. The van der Waals surface area contributed by atoms with Gasteiger partial charge in [0, 0.05) is 13.1 Å². The van der Waals surface area contributed by atoms with Crippen LogP contribution in [0.15, 0.2) is 0 Å². The smallest absolute Gasteiger partial charge is 0.228 e. The molecule has 2 N–H and O–H groups in total. The van der Waals surface area contributed by atoms with Crippen molar-refractivity contribution in [2.45, 2.75) is 40.5 Å². The number of nitrogens with one attached hydrogen (secondary N) is 2. The third kappa shape index (κ3) is 12.5. The van der Waals surface area contributed by atoms with Gasteiger partial charge in [-0.3, -0.25) is 0 Å². The Hall–Kier alpha value is -0.600. The monoisotopic (exact) mass is 443 g/mol. The minimum atomic E-state index is 0. The molecule has 0 bridgehead atoms. The third-order valence-electron chi connectivity index (χ3n) is 4.27. The Kier molecular flexibility index (Phi) is 18.5. The first kappa shape index (κ1) is 28.6. The van der Waals surface area contributed by atoms with Gasteiger partial charge >= 0.3 is 0 Å². The van der Waals surface area contributed by atoms with Gasteiger partial charge < -0.3 is 20.4 Å². The van der Waals surface area contributed by atoms with Crippen LogP contribution in [0.1, 0.15) is 40.5 Å². The van der Waals surface area contributed by atoms with Crippen molar-refractivity contribution in [2.24, 2.45) is 0 Å². The summed E-state index contributed by atoms with van der Waals surface area (Å²) in [4.78, 5) is 17.5. The fourth-order valence-corrected chi connectivity index (χ4v) is 2.75. The summed E-state index contributed by atoms with van der Waals surface area (Å²) in [5, 5.41) is 6.68. The normalized spacial score (nSPS) is 10.5. The lowest BCUT2D eigenvalue weighted by atomic mass is 10.3. The number of hydrogen-bond donors (Lipinski definition) is 2. The van der Waals surface area contributed by atoms with Crippen LogP contribution in [0.5, 0.6) is 0 Å². The fraction of sp³-hybridized carbons (Fsp3) is 0.824. The first-order valence-corrected chi connectivity index (χ1v) is 9.84. The van der Waals surface area contributed by atoms with Gasteiger partial charge in [0.2, 0.25) is 17.2 Å². The van der Waals surface area contributed by atoms with Crippen LogP contribution in [0.4, 0.5) is 11.9 Å². The van der Waals surface area contributed by atoms with Crippen LogP contribution < -0.4 is 10.6 Å². The molecule has 0 aromatic carbocycles. The fourth-order valence-electron chi connectivity index (χ4n) is 2.59. The third-order valence-corrected chi connectivity index (χ3v) is 4.43. The zero-order valence-corrected chi connectivity index (χ0v) is 19.4. The first-order chi connectivity index (χ1) is 12.1. The zero-order valence-electron chi connectivity index (χ0n) is 17.0.